The molecule has 0 N–H and O–H groups in total. The fourth-order valence-electron chi connectivity index (χ4n) is 1.58. The van der Waals surface area contributed by atoms with Gasteiger partial charge in [-0.2, -0.15) is 13.2 Å². The van der Waals surface area contributed by atoms with Gasteiger partial charge in [0.05, 0.1) is 21.7 Å². The molecule has 0 bridgehead atoms. The largest absolute Gasteiger partial charge is 0.416 e. The van der Waals surface area contributed by atoms with E-state index >= 15 is 0 Å². The highest BCUT2D eigenvalue weighted by Crippen LogP contribution is 2.33. The van der Waals surface area contributed by atoms with E-state index in [0.717, 1.165) is 12.1 Å². The normalized spacial score (nSPS) is 11.8. The highest BCUT2D eigenvalue weighted by molar-refractivity contribution is 6.38. The van der Waals surface area contributed by atoms with Crippen LogP contribution in [-0.4, -0.2) is 10.8 Å². The standard InChI is InChI=1S/C12H7ClF3NO/c1-6(18)9-5-17-10-4-7(12(14,15)16)2-3-8(10)11(9)13/h2-5H,1H3. The third-order valence-corrected chi connectivity index (χ3v) is 2.92. The number of pyridine rings is 1. The van der Waals surface area contributed by atoms with E-state index in [0.29, 0.717) is 5.39 Å². The van der Waals surface area contributed by atoms with E-state index < -0.39 is 11.7 Å². The molecule has 0 saturated heterocycles. The van der Waals surface area contributed by atoms with Crippen molar-refractivity contribution in [2.45, 2.75) is 13.1 Å². The molecule has 6 heteroatoms. The molecule has 0 atom stereocenters. The molecule has 0 aliphatic rings. The lowest BCUT2D eigenvalue weighted by molar-refractivity contribution is -0.137. The van der Waals surface area contributed by atoms with Gasteiger partial charge in [0.15, 0.2) is 5.78 Å². The van der Waals surface area contributed by atoms with E-state index in [1.807, 2.05) is 0 Å². The summed E-state index contributed by atoms with van der Waals surface area (Å²) in [7, 11) is 0. The summed E-state index contributed by atoms with van der Waals surface area (Å²) in [5.74, 6) is -0.283. The van der Waals surface area contributed by atoms with E-state index in [1.165, 1.54) is 19.2 Å². The molecule has 1 heterocycles. The van der Waals surface area contributed by atoms with Crippen LogP contribution in [0.25, 0.3) is 10.9 Å². The van der Waals surface area contributed by atoms with Crippen molar-refractivity contribution in [2.24, 2.45) is 0 Å². The fraction of sp³-hybridized carbons (Fsp3) is 0.167. The summed E-state index contributed by atoms with van der Waals surface area (Å²) in [5, 5.41) is 0.457. The van der Waals surface area contributed by atoms with Gasteiger partial charge < -0.3 is 0 Å². The van der Waals surface area contributed by atoms with Crippen LogP contribution in [0.1, 0.15) is 22.8 Å². The molecule has 0 fully saturated rings. The molecule has 0 saturated carbocycles. The minimum absolute atomic E-state index is 0.111. The molecule has 1 aromatic heterocycles. The average Bonchev–Trinajstić information content (AvgIpc) is 2.27. The molecule has 0 amide bonds. The number of hydrogen-bond acceptors (Lipinski definition) is 2. The molecule has 0 unspecified atom stereocenters. The molecule has 2 rings (SSSR count). The van der Waals surface area contributed by atoms with Crippen molar-refractivity contribution < 1.29 is 18.0 Å². The molecule has 1 aromatic carbocycles. The van der Waals surface area contributed by atoms with Gasteiger partial charge in [-0.15, -0.1) is 0 Å². The van der Waals surface area contributed by atoms with Crippen LogP contribution in [0.15, 0.2) is 24.4 Å². The first-order valence-corrected chi connectivity index (χ1v) is 5.35. The number of carbonyl (C=O) groups excluding carboxylic acids is 1. The van der Waals surface area contributed by atoms with Crippen LogP contribution in [0.4, 0.5) is 13.2 Å². The van der Waals surface area contributed by atoms with E-state index in [4.69, 9.17) is 11.6 Å². The minimum Gasteiger partial charge on any atom is -0.294 e. The number of carbonyl (C=O) groups is 1. The molecular formula is C12H7ClF3NO. The number of rotatable bonds is 1. The number of benzene rings is 1. The van der Waals surface area contributed by atoms with E-state index in [-0.39, 0.29) is 21.9 Å². The molecule has 2 aromatic rings. The van der Waals surface area contributed by atoms with Crippen LogP contribution >= 0.6 is 11.6 Å². The van der Waals surface area contributed by atoms with Gasteiger partial charge in [-0.3, -0.25) is 9.78 Å². The predicted octanol–water partition coefficient (Wildman–Crippen LogP) is 4.11. The molecular weight excluding hydrogens is 267 g/mol. The lowest BCUT2D eigenvalue weighted by Gasteiger charge is -2.09. The summed E-state index contributed by atoms with van der Waals surface area (Å²) >= 11 is 5.96. The number of aromatic nitrogens is 1. The number of ketones is 1. The van der Waals surface area contributed by atoms with Gasteiger partial charge in [-0.25, -0.2) is 0 Å². The Morgan fingerprint density at radius 1 is 1.33 bits per heavy atom. The first-order chi connectivity index (χ1) is 8.30. The predicted molar refractivity (Wildman–Crippen MR) is 61.8 cm³/mol. The van der Waals surface area contributed by atoms with Crippen molar-refractivity contribution in [3.63, 3.8) is 0 Å². The lowest BCUT2D eigenvalue weighted by Crippen LogP contribution is -2.05. The third-order valence-electron chi connectivity index (χ3n) is 2.51. The summed E-state index contributed by atoms with van der Waals surface area (Å²) in [6.07, 6.45) is -3.24. The van der Waals surface area contributed by atoms with Gasteiger partial charge in [0.2, 0.25) is 0 Å². The lowest BCUT2D eigenvalue weighted by atomic mass is 10.1. The number of hydrogen-bond donors (Lipinski definition) is 0. The van der Waals surface area contributed by atoms with Crippen LogP contribution < -0.4 is 0 Å². The van der Waals surface area contributed by atoms with Gasteiger partial charge >= 0.3 is 6.18 Å². The van der Waals surface area contributed by atoms with Crippen molar-refractivity contribution in [1.82, 2.24) is 4.98 Å². The molecule has 0 spiro atoms. The Balaban J connectivity index is 2.69. The summed E-state index contributed by atoms with van der Waals surface area (Å²) in [5.41, 5.74) is -0.488. The van der Waals surface area contributed by atoms with Crippen LogP contribution in [0.2, 0.25) is 5.02 Å². The number of halogens is 4. The number of alkyl halides is 3. The average molecular weight is 274 g/mol. The van der Waals surface area contributed by atoms with Gasteiger partial charge in [-0.05, 0) is 19.1 Å². The zero-order valence-corrected chi connectivity index (χ0v) is 9.93. The molecule has 0 radical (unpaired) electrons. The van der Waals surface area contributed by atoms with Crippen LogP contribution in [0, 0.1) is 0 Å². The summed E-state index contributed by atoms with van der Waals surface area (Å²) in [6.45, 7) is 1.32. The number of Topliss-reactive ketones (excluding diaryl/α,β-unsaturated/α-hetero) is 1. The van der Waals surface area contributed by atoms with E-state index in [1.54, 1.807) is 0 Å². The Labute approximate surface area is 105 Å². The van der Waals surface area contributed by atoms with Gasteiger partial charge in [0.1, 0.15) is 0 Å². The van der Waals surface area contributed by atoms with Crippen LogP contribution in [0.3, 0.4) is 0 Å². The zero-order chi connectivity index (χ0) is 13.5. The second-order valence-corrected chi connectivity index (χ2v) is 4.15. The Morgan fingerprint density at radius 3 is 2.56 bits per heavy atom. The van der Waals surface area contributed by atoms with E-state index in [9.17, 15) is 18.0 Å². The summed E-state index contributed by atoms with van der Waals surface area (Å²) in [6, 6.07) is 3.05. The summed E-state index contributed by atoms with van der Waals surface area (Å²) < 4.78 is 37.5. The van der Waals surface area contributed by atoms with Crippen molar-refractivity contribution in [1.29, 1.82) is 0 Å². The van der Waals surface area contributed by atoms with Gasteiger partial charge in [-0.1, -0.05) is 17.7 Å². The monoisotopic (exact) mass is 273 g/mol. The zero-order valence-electron chi connectivity index (χ0n) is 9.18. The maximum absolute atomic E-state index is 12.5. The van der Waals surface area contributed by atoms with Crippen molar-refractivity contribution >= 4 is 28.3 Å². The first-order valence-electron chi connectivity index (χ1n) is 4.97. The Bertz CT molecular complexity index is 637. The first kappa shape index (κ1) is 12.8. The van der Waals surface area contributed by atoms with Crippen molar-refractivity contribution in [2.75, 3.05) is 0 Å². The molecule has 0 aliphatic heterocycles. The smallest absolute Gasteiger partial charge is 0.294 e. The van der Waals surface area contributed by atoms with Crippen LogP contribution in [-0.2, 0) is 6.18 Å². The maximum atomic E-state index is 12.5. The number of nitrogens with zero attached hydrogens (tertiary/aromatic N) is 1. The molecule has 0 aliphatic carbocycles. The minimum atomic E-state index is -4.43. The molecule has 2 nitrogen and oxygen atoms in total. The van der Waals surface area contributed by atoms with Gasteiger partial charge in [0, 0.05) is 11.6 Å². The van der Waals surface area contributed by atoms with Crippen LogP contribution in [0.5, 0.6) is 0 Å². The second kappa shape index (κ2) is 4.24. The van der Waals surface area contributed by atoms with Gasteiger partial charge in [0.25, 0.3) is 0 Å². The number of fused-ring (bicyclic) bond motifs is 1. The van der Waals surface area contributed by atoms with Crippen molar-refractivity contribution in [3.05, 3.63) is 40.5 Å². The highest BCUT2D eigenvalue weighted by atomic mass is 35.5. The molecule has 94 valence electrons. The second-order valence-electron chi connectivity index (χ2n) is 3.77. The van der Waals surface area contributed by atoms with Crippen molar-refractivity contribution in [3.8, 4) is 0 Å². The third kappa shape index (κ3) is 2.18. The quantitative estimate of drug-likeness (QED) is 0.732. The highest BCUT2D eigenvalue weighted by Gasteiger charge is 2.30. The Hall–Kier alpha value is -1.62. The van der Waals surface area contributed by atoms with E-state index in [2.05, 4.69) is 4.98 Å². The maximum Gasteiger partial charge on any atom is 0.416 e. The molecule has 18 heavy (non-hydrogen) atoms. The fourth-order valence-corrected chi connectivity index (χ4v) is 1.92. The SMILES string of the molecule is CC(=O)c1cnc2cc(C(F)(F)F)ccc2c1Cl. The summed E-state index contributed by atoms with van der Waals surface area (Å²) in [4.78, 5) is 15.1. The Morgan fingerprint density at radius 2 is 2.00 bits per heavy atom. The Kier molecular flexibility index (Phi) is 3.02. The topological polar surface area (TPSA) is 30.0 Å².